The lowest BCUT2D eigenvalue weighted by Crippen LogP contribution is -2.12. The SMILES string of the molecule is COC(=O)/C(CC(=O)O)=C(/c1ccccc1)c1ccco1. The van der Waals surface area contributed by atoms with E-state index in [1.165, 1.54) is 13.4 Å². The normalized spacial score (nSPS) is 11.7. The summed E-state index contributed by atoms with van der Waals surface area (Å²) < 4.78 is 10.1. The fraction of sp³-hybridized carbons (Fsp3) is 0.125. The van der Waals surface area contributed by atoms with E-state index in [0.717, 1.165) is 0 Å². The second-order valence-electron chi connectivity index (χ2n) is 4.26. The number of esters is 1. The Morgan fingerprint density at radius 2 is 1.86 bits per heavy atom. The van der Waals surface area contributed by atoms with E-state index in [1.54, 1.807) is 36.4 Å². The minimum Gasteiger partial charge on any atom is -0.481 e. The van der Waals surface area contributed by atoms with Crippen molar-refractivity contribution in [2.45, 2.75) is 6.42 Å². The molecule has 0 saturated carbocycles. The first-order valence-electron chi connectivity index (χ1n) is 6.26. The molecule has 5 nitrogen and oxygen atoms in total. The number of methoxy groups -OCH3 is 1. The van der Waals surface area contributed by atoms with Crippen molar-refractivity contribution in [3.8, 4) is 0 Å². The predicted molar refractivity (Wildman–Crippen MR) is 75.4 cm³/mol. The van der Waals surface area contributed by atoms with E-state index in [-0.39, 0.29) is 5.57 Å². The summed E-state index contributed by atoms with van der Waals surface area (Å²) in [5.74, 6) is -1.38. The second-order valence-corrected chi connectivity index (χ2v) is 4.26. The van der Waals surface area contributed by atoms with Gasteiger partial charge in [0.25, 0.3) is 0 Å². The summed E-state index contributed by atoms with van der Waals surface area (Å²) in [5.41, 5.74) is 1.16. The smallest absolute Gasteiger partial charge is 0.335 e. The zero-order valence-corrected chi connectivity index (χ0v) is 11.4. The number of ether oxygens (including phenoxy) is 1. The second kappa shape index (κ2) is 6.56. The molecule has 0 spiro atoms. The van der Waals surface area contributed by atoms with Gasteiger partial charge in [-0.1, -0.05) is 30.3 Å². The Hall–Kier alpha value is -2.82. The van der Waals surface area contributed by atoms with Gasteiger partial charge in [0.1, 0.15) is 5.76 Å². The van der Waals surface area contributed by atoms with Crippen LogP contribution in [0.25, 0.3) is 5.57 Å². The van der Waals surface area contributed by atoms with Crippen molar-refractivity contribution in [3.05, 3.63) is 65.6 Å². The van der Waals surface area contributed by atoms with Crippen LogP contribution < -0.4 is 0 Å². The molecule has 0 amide bonds. The number of carbonyl (C=O) groups excluding carboxylic acids is 1. The average Bonchev–Trinajstić information content (AvgIpc) is 3.00. The maximum Gasteiger partial charge on any atom is 0.335 e. The van der Waals surface area contributed by atoms with Crippen LogP contribution in [0.2, 0.25) is 0 Å². The van der Waals surface area contributed by atoms with Gasteiger partial charge >= 0.3 is 11.9 Å². The lowest BCUT2D eigenvalue weighted by atomic mass is 9.95. The third-order valence-corrected chi connectivity index (χ3v) is 2.89. The molecule has 1 heterocycles. The van der Waals surface area contributed by atoms with E-state index >= 15 is 0 Å². The van der Waals surface area contributed by atoms with Crippen LogP contribution in [0.1, 0.15) is 17.7 Å². The molecule has 0 fully saturated rings. The first kappa shape index (κ1) is 14.6. The van der Waals surface area contributed by atoms with Gasteiger partial charge in [-0.25, -0.2) is 4.79 Å². The average molecular weight is 286 g/mol. The van der Waals surface area contributed by atoms with Crippen LogP contribution in [0.15, 0.2) is 58.7 Å². The van der Waals surface area contributed by atoms with Gasteiger partial charge in [-0.3, -0.25) is 4.79 Å². The van der Waals surface area contributed by atoms with Gasteiger partial charge in [0, 0.05) is 5.57 Å². The van der Waals surface area contributed by atoms with Crippen LogP contribution in [0.3, 0.4) is 0 Å². The summed E-state index contributed by atoms with van der Waals surface area (Å²) in [4.78, 5) is 23.0. The Balaban J connectivity index is 2.67. The van der Waals surface area contributed by atoms with E-state index < -0.39 is 18.4 Å². The Kier molecular flexibility index (Phi) is 4.56. The zero-order chi connectivity index (χ0) is 15.2. The molecule has 0 aliphatic heterocycles. The maximum atomic E-state index is 12.0. The molecular formula is C16H14O5. The van der Waals surface area contributed by atoms with Gasteiger partial charge < -0.3 is 14.3 Å². The summed E-state index contributed by atoms with van der Waals surface area (Å²) in [7, 11) is 1.22. The van der Waals surface area contributed by atoms with Gasteiger partial charge in [0.05, 0.1) is 25.4 Å². The van der Waals surface area contributed by atoms with Gasteiger partial charge in [0.2, 0.25) is 0 Å². The maximum absolute atomic E-state index is 12.0. The number of hydrogen-bond acceptors (Lipinski definition) is 4. The number of benzene rings is 1. The zero-order valence-electron chi connectivity index (χ0n) is 11.4. The molecule has 2 rings (SSSR count). The summed E-state index contributed by atoms with van der Waals surface area (Å²) >= 11 is 0. The molecule has 0 saturated heterocycles. The van der Waals surface area contributed by atoms with Crippen molar-refractivity contribution in [3.63, 3.8) is 0 Å². The fourth-order valence-electron chi connectivity index (χ4n) is 2.03. The molecular weight excluding hydrogens is 272 g/mol. The lowest BCUT2D eigenvalue weighted by Gasteiger charge is -2.11. The first-order valence-corrected chi connectivity index (χ1v) is 6.26. The molecule has 2 aromatic rings. The van der Waals surface area contributed by atoms with Crippen LogP contribution in [-0.2, 0) is 14.3 Å². The molecule has 0 radical (unpaired) electrons. The molecule has 0 atom stereocenters. The number of hydrogen-bond donors (Lipinski definition) is 1. The van der Waals surface area contributed by atoms with E-state index in [4.69, 9.17) is 14.3 Å². The standard InChI is InChI=1S/C16H14O5/c1-20-16(19)12(10-14(17)18)15(13-8-5-9-21-13)11-6-3-2-4-7-11/h2-9H,10H2,1H3,(H,17,18)/b15-12-. The lowest BCUT2D eigenvalue weighted by molar-refractivity contribution is -0.141. The first-order chi connectivity index (χ1) is 10.1. The van der Waals surface area contributed by atoms with Crippen LogP contribution in [0.5, 0.6) is 0 Å². The van der Waals surface area contributed by atoms with Crippen molar-refractivity contribution < 1.29 is 23.8 Å². The highest BCUT2D eigenvalue weighted by molar-refractivity contribution is 6.04. The Morgan fingerprint density at radius 1 is 1.14 bits per heavy atom. The van der Waals surface area contributed by atoms with Gasteiger partial charge in [-0.15, -0.1) is 0 Å². The minimum atomic E-state index is -1.12. The largest absolute Gasteiger partial charge is 0.481 e. The quantitative estimate of drug-likeness (QED) is 0.675. The molecule has 0 aliphatic rings. The Bertz CT molecular complexity index is 653. The van der Waals surface area contributed by atoms with E-state index in [9.17, 15) is 9.59 Å². The van der Waals surface area contributed by atoms with Crippen LogP contribution in [0.4, 0.5) is 0 Å². The molecule has 1 N–H and O–H groups in total. The molecule has 0 aliphatic carbocycles. The molecule has 1 aromatic heterocycles. The van der Waals surface area contributed by atoms with Crippen molar-refractivity contribution in [2.75, 3.05) is 7.11 Å². The summed E-state index contributed by atoms with van der Waals surface area (Å²) in [6, 6.07) is 12.3. The van der Waals surface area contributed by atoms with Crippen LogP contribution in [-0.4, -0.2) is 24.2 Å². The monoisotopic (exact) mass is 286 g/mol. The third kappa shape index (κ3) is 3.39. The highest BCUT2D eigenvalue weighted by atomic mass is 16.5. The summed E-state index contributed by atoms with van der Waals surface area (Å²) in [6.45, 7) is 0. The van der Waals surface area contributed by atoms with E-state index in [2.05, 4.69) is 0 Å². The third-order valence-electron chi connectivity index (χ3n) is 2.89. The molecule has 5 heteroatoms. The number of carboxylic acids is 1. The Labute approximate surface area is 121 Å². The predicted octanol–water partition coefficient (Wildman–Crippen LogP) is 2.73. The Morgan fingerprint density at radius 3 is 2.38 bits per heavy atom. The van der Waals surface area contributed by atoms with E-state index in [0.29, 0.717) is 16.9 Å². The molecule has 0 unspecified atom stereocenters. The highest BCUT2D eigenvalue weighted by Crippen LogP contribution is 2.29. The van der Waals surface area contributed by atoms with Crippen LogP contribution >= 0.6 is 0 Å². The highest BCUT2D eigenvalue weighted by Gasteiger charge is 2.23. The van der Waals surface area contributed by atoms with E-state index in [1.807, 2.05) is 6.07 Å². The summed E-state index contributed by atoms with van der Waals surface area (Å²) in [5, 5.41) is 9.05. The number of carbonyl (C=O) groups is 2. The topological polar surface area (TPSA) is 76.7 Å². The number of carboxylic acid groups (broad SMARTS) is 1. The van der Waals surface area contributed by atoms with Gasteiger partial charge in [-0.05, 0) is 17.7 Å². The number of furan rings is 1. The summed E-state index contributed by atoms with van der Waals surface area (Å²) in [6.07, 6.45) is 1.02. The minimum absolute atomic E-state index is 0.0474. The fourth-order valence-corrected chi connectivity index (χ4v) is 2.03. The van der Waals surface area contributed by atoms with Crippen molar-refractivity contribution in [2.24, 2.45) is 0 Å². The molecule has 0 bridgehead atoms. The van der Waals surface area contributed by atoms with Crippen LogP contribution in [0, 0.1) is 0 Å². The number of aliphatic carboxylic acids is 1. The van der Waals surface area contributed by atoms with Crippen molar-refractivity contribution in [1.29, 1.82) is 0 Å². The van der Waals surface area contributed by atoms with Crippen molar-refractivity contribution in [1.82, 2.24) is 0 Å². The molecule has 1 aromatic carbocycles. The number of rotatable bonds is 5. The van der Waals surface area contributed by atoms with Gasteiger partial charge in [-0.2, -0.15) is 0 Å². The molecule has 108 valence electrons. The molecule has 21 heavy (non-hydrogen) atoms. The van der Waals surface area contributed by atoms with Crippen molar-refractivity contribution >= 4 is 17.5 Å². The van der Waals surface area contributed by atoms with Gasteiger partial charge in [0.15, 0.2) is 0 Å².